The lowest BCUT2D eigenvalue weighted by Gasteiger charge is -2.17. The van der Waals surface area contributed by atoms with E-state index in [0.717, 1.165) is 18.4 Å². The fraction of sp³-hybridized carbons (Fsp3) is 0.500. The highest BCUT2D eigenvalue weighted by atomic mass is 35.5. The van der Waals surface area contributed by atoms with Gasteiger partial charge in [-0.25, -0.2) is 0 Å². The predicted molar refractivity (Wildman–Crippen MR) is 69.2 cm³/mol. The van der Waals surface area contributed by atoms with Crippen LogP contribution in [-0.2, 0) is 0 Å². The topological polar surface area (TPSA) is 17.1 Å². The molecule has 0 saturated heterocycles. The van der Waals surface area contributed by atoms with Crippen LogP contribution >= 0.6 is 11.6 Å². The molecule has 0 aliphatic heterocycles. The second kappa shape index (κ2) is 6.70. The Morgan fingerprint density at radius 2 is 2.00 bits per heavy atom. The lowest BCUT2D eigenvalue weighted by molar-refractivity contribution is 0.108. The van der Waals surface area contributed by atoms with Crippen LogP contribution in [0, 0.1) is 0 Å². The first-order chi connectivity index (χ1) is 7.70. The van der Waals surface area contributed by atoms with Crippen molar-refractivity contribution in [2.75, 3.05) is 0 Å². The van der Waals surface area contributed by atoms with Crippen LogP contribution in [-0.4, -0.2) is 5.24 Å². The van der Waals surface area contributed by atoms with E-state index < -0.39 is 0 Å². The summed E-state index contributed by atoms with van der Waals surface area (Å²) in [7, 11) is 0. The molecule has 0 radical (unpaired) electrons. The molecule has 0 spiro atoms. The van der Waals surface area contributed by atoms with Crippen LogP contribution in [0.2, 0.25) is 0 Å². The molecule has 0 heterocycles. The number of halogens is 1. The normalized spacial score (nSPS) is 12.4. The number of hydrogen-bond acceptors (Lipinski definition) is 1. The lowest BCUT2D eigenvalue weighted by Crippen LogP contribution is -2.04. The monoisotopic (exact) mass is 238 g/mol. The lowest BCUT2D eigenvalue weighted by atomic mass is 9.88. The SMILES string of the molecule is CCCCC(CC)c1ccccc1C(=O)Cl. The molecule has 1 aromatic carbocycles. The van der Waals surface area contributed by atoms with Gasteiger partial charge in [-0.05, 0) is 42.0 Å². The summed E-state index contributed by atoms with van der Waals surface area (Å²) < 4.78 is 0. The molecule has 88 valence electrons. The van der Waals surface area contributed by atoms with Crippen LogP contribution in [0.4, 0.5) is 0 Å². The van der Waals surface area contributed by atoms with Gasteiger partial charge in [0.2, 0.25) is 0 Å². The molecular weight excluding hydrogens is 220 g/mol. The molecule has 1 nitrogen and oxygen atoms in total. The zero-order chi connectivity index (χ0) is 12.0. The summed E-state index contributed by atoms with van der Waals surface area (Å²) in [6, 6.07) is 7.69. The highest BCUT2D eigenvalue weighted by molar-refractivity contribution is 6.67. The number of carbonyl (C=O) groups excluding carboxylic acids is 1. The van der Waals surface area contributed by atoms with Gasteiger partial charge in [0.05, 0.1) is 0 Å². The Bertz CT molecular complexity index is 346. The minimum Gasteiger partial charge on any atom is -0.276 e. The average Bonchev–Trinajstić information content (AvgIpc) is 2.30. The molecule has 1 aromatic rings. The number of rotatable bonds is 6. The zero-order valence-corrected chi connectivity index (χ0v) is 10.8. The summed E-state index contributed by atoms with van der Waals surface area (Å²) in [4.78, 5) is 11.3. The smallest absolute Gasteiger partial charge is 0.252 e. The van der Waals surface area contributed by atoms with E-state index in [1.165, 1.54) is 12.8 Å². The van der Waals surface area contributed by atoms with E-state index in [9.17, 15) is 4.79 Å². The van der Waals surface area contributed by atoms with E-state index in [0.29, 0.717) is 11.5 Å². The van der Waals surface area contributed by atoms with E-state index >= 15 is 0 Å². The Morgan fingerprint density at radius 1 is 1.31 bits per heavy atom. The van der Waals surface area contributed by atoms with Crippen molar-refractivity contribution in [3.05, 3.63) is 35.4 Å². The molecule has 0 bridgehead atoms. The fourth-order valence-corrected chi connectivity index (χ4v) is 2.23. The van der Waals surface area contributed by atoms with Crippen LogP contribution in [0.25, 0.3) is 0 Å². The third-order valence-corrected chi connectivity index (χ3v) is 3.21. The first-order valence-corrected chi connectivity index (χ1v) is 6.37. The van der Waals surface area contributed by atoms with Gasteiger partial charge >= 0.3 is 0 Å². The van der Waals surface area contributed by atoms with Crippen LogP contribution in [0.1, 0.15) is 61.4 Å². The van der Waals surface area contributed by atoms with Crippen LogP contribution in [0.15, 0.2) is 24.3 Å². The first-order valence-electron chi connectivity index (χ1n) is 5.99. The molecule has 0 N–H and O–H groups in total. The standard InChI is InChI=1S/C14H19ClO/c1-3-5-8-11(4-2)12-9-6-7-10-13(12)14(15)16/h6-7,9-11H,3-5,8H2,1-2H3. The molecule has 1 rings (SSSR count). The van der Waals surface area contributed by atoms with Crippen molar-refractivity contribution in [3.8, 4) is 0 Å². The molecule has 0 aliphatic rings. The highest BCUT2D eigenvalue weighted by Gasteiger charge is 2.15. The third kappa shape index (κ3) is 3.34. The minimum absolute atomic E-state index is 0.342. The minimum atomic E-state index is -0.342. The Morgan fingerprint density at radius 3 is 2.56 bits per heavy atom. The molecule has 0 saturated carbocycles. The Labute approximate surface area is 103 Å². The van der Waals surface area contributed by atoms with Gasteiger partial charge < -0.3 is 0 Å². The quantitative estimate of drug-likeness (QED) is 0.654. The van der Waals surface area contributed by atoms with Gasteiger partial charge in [-0.2, -0.15) is 0 Å². The van der Waals surface area contributed by atoms with Crippen LogP contribution in [0.5, 0.6) is 0 Å². The summed E-state index contributed by atoms with van der Waals surface area (Å²) in [5.74, 6) is 0.457. The summed E-state index contributed by atoms with van der Waals surface area (Å²) in [6.07, 6.45) is 4.58. The van der Waals surface area contributed by atoms with Gasteiger partial charge in [-0.1, -0.05) is 44.9 Å². The van der Waals surface area contributed by atoms with E-state index in [-0.39, 0.29) is 5.24 Å². The van der Waals surface area contributed by atoms with E-state index in [4.69, 9.17) is 11.6 Å². The number of benzene rings is 1. The maximum absolute atomic E-state index is 11.3. The molecule has 0 amide bonds. The Balaban J connectivity index is 2.94. The molecule has 16 heavy (non-hydrogen) atoms. The molecule has 0 aromatic heterocycles. The zero-order valence-electron chi connectivity index (χ0n) is 10.0. The van der Waals surface area contributed by atoms with Gasteiger partial charge in [0, 0.05) is 5.56 Å². The van der Waals surface area contributed by atoms with Gasteiger partial charge in [0.15, 0.2) is 0 Å². The van der Waals surface area contributed by atoms with E-state index in [1.54, 1.807) is 0 Å². The summed E-state index contributed by atoms with van der Waals surface area (Å²) in [6.45, 7) is 4.35. The van der Waals surface area contributed by atoms with Gasteiger partial charge in [0.1, 0.15) is 0 Å². The van der Waals surface area contributed by atoms with Gasteiger partial charge in [0.25, 0.3) is 5.24 Å². The third-order valence-electron chi connectivity index (χ3n) is 3.01. The van der Waals surface area contributed by atoms with E-state index in [1.807, 2.05) is 24.3 Å². The Kier molecular flexibility index (Phi) is 5.54. The second-order valence-electron chi connectivity index (χ2n) is 4.11. The van der Waals surface area contributed by atoms with Crippen LogP contribution < -0.4 is 0 Å². The van der Waals surface area contributed by atoms with Crippen molar-refractivity contribution in [2.45, 2.75) is 45.4 Å². The molecule has 1 unspecified atom stereocenters. The largest absolute Gasteiger partial charge is 0.276 e. The van der Waals surface area contributed by atoms with Gasteiger partial charge in [-0.3, -0.25) is 4.79 Å². The molecular formula is C14H19ClO. The maximum Gasteiger partial charge on any atom is 0.252 e. The number of carbonyl (C=O) groups is 1. The summed E-state index contributed by atoms with van der Waals surface area (Å²) >= 11 is 5.60. The molecule has 0 aliphatic carbocycles. The first kappa shape index (κ1) is 13.2. The number of hydrogen-bond donors (Lipinski definition) is 0. The molecule has 0 fully saturated rings. The predicted octanol–water partition coefficient (Wildman–Crippen LogP) is 4.75. The fourth-order valence-electron chi connectivity index (χ4n) is 2.06. The Hall–Kier alpha value is -0.820. The summed E-state index contributed by atoms with van der Waals surface area (Å²) in [5.41, 5.74) is 1.78. The van der Waals surface area contributed by atoms with Crippen molar-refractivity contribution >= 4 is 16.8 Å². The van der Waals surface area contributed by atoms with Crippen molar-refractivity contribution < 1.29 is 4.79 Å². The van der Waals surface area contributed by atoms with Gasteiger partial charge in [-0.15, -0.1) is 0 Å². The average molecular weight is 239 g/mol. The second-order valence-corrected chi connectivity index (χ2v) is 4.45. The molecule has 1 atom stereocenters. The van der Waals surface area contributed by atoms with Crippen molar-refractivity contribution in [1.29, 1.82) is 0 Å². The van der Waals surface area contributed by atoms with E-state index in [2.05, 4.69) is 13.8 Å². The highest BCUT2D eigenvalue weighted by Crippen LogP contribution is 2.28. The van der Waals surface area contributed by atoms with Crippen LogP contribution in [0.3, 0.4) is 0 Å². The van der Waals surface area contributed by atoms with Crippen molar-refractivity contribution in [2.24, 2.45) is 0 Å². The maximum atomic E-state index is 11.3. The van der Waals surface area contributed by atoms with Crippen molar-refractivity contribution in [3.63, 3.8) is 0 Å². The number of unbranched alkanes of at least 4 members (excludes halogenated alkanes) is 1. The summed E-state index contributed by atoms with van der Waals surface area (Å²) in [5, 5.41) is -0.342. The van der Waals surface area contributed by atoms with Crippen molar-refractivity contribution in [1.82, 2.24) is 0 Å². The molecule has 2 heteroatoms.